The van der Waals surface area contributed by atoms with E-state index in [0.717, 1.165) is 19.3 Å². The predicted octanol–water partition coefficient (Wildman–Crippen LogP) is 2.88. The Balaban J connectivity index is 2.25. The smallest absolute Gasteiger partial charge is 0.114 e. The minimum absolute atomic E-state index is 0.0829. The lowest BCUT2D eigenvalue weighted by Gasteiger charge is -2.19. The van der Waals surface area contributed by atoms with E-state index in [1.165, 1.54) is 0 Å². The van der Waals surface area contributed by atoms with Crippen molar-refractivity contribution in [2.24, 2.45) is 11.8 Å². The number of rotatable bonds is 0. The van der Waals surface area contributed by atoms with Crippen LogP contribution in [0, 0.1) is 11.8 Å². The molecule has 0 heterocycles. The van der Waals surface area contributed by atoms with Gasteiger partial charge in [-0.2, -0.15) is 0 Å². The third kappa shape index (κ3) is 0.878. The molecule has 0 nitrogen and oxygen atoms in total. The van der Waals surface area contributed by atoms with Gasteiger partial charge in [0.1, 0.15) is 5.83 Å². The van der Waals surface area contributed by atoms with E-state index < -0.39 is 0 Å². The molecule has 2 aliphatic rings. The summed E-state index contributed by atoms with van der Waals surface area (Å²) in [6.45, 7) is 0. The summed E-state index contributed by atoms with van der Waals surface area (Å²) >= 11 is 5.82. The van der Waals surface area contributed by atoms with Gasteiger partial charge in [0.2, 0.25) is 0 Å². The zero-order valence-electron chi connectivity index (χ0n) is 5.69. The van der Waals surface area contributed by atoms with Crippen molar-refractivity contribution < 1.29 is 4.39 Å². The van der Waals surface area contributed by atoms with E-state index in [4.69, 9.17) is 11.6 Å². The monoisotopic (exact) mass is 160 g/mol. The van der Waals surface area contributed by atoms with Crippen molar-refractivity contribution in [2.75, 3.05) is 0 Å². The summed E-state index contributed by atoms with van der Waals surface area (Å²) < 4.78 is 12.8. The Labute approximate surface area is 65.1 Å². The maximum atomic E-state index is 12.8. The van der Waals surface area contributed by atoms with Gasteiger partial charge in [-0.25, -0.2) is 4.39 Å². The number of allylic oxidation sites excluding steroid dienone is 2. The fraction of sp³-hybridized carbons (Fsp3) is 0.750. The first-order valence-corrected chi connectivity index (χ1v) is 4.22. The van der Waals surface area contributed by atoms with Gasteiger partial charge in [-0.05, 0) is 37.2 Å². The molecule has 2 bridgehead atoms. The van der Waals surface area contributed by atoms with Crippen LogP contribution in [0.25, 0.3) is 0 Å². The summed E-state index contributed by atoms with van der Waals surface area (Å²) in [6, 6.07) is 0. The molecule has 0 saturated heterocycles. The average molecular weight is 161 g/mol. The van der Waals surface area contributed by atoms with E-state index in [1.807, 2.05) is 0 Å². The number of hydrogen-bond acceptors (Lipinski definition) is 0. The molecule has 1 saturated carbocycles. The Morgan fingerprint density at radius 2 is 2.30 bits per heavy atom. The highest BCUT2D eigenvalue weighted by Crippen LogP contribution is 2.43. The second-order valence-corrected chi connectivity index (χ2v) is 3.76. The number of fused-ring (bicyclic) bond motifs is 2. The molecule has 0 amide bonds. The summed E-state index contributed by atoms with van der Waals surface area (Å²) in [6.07, 6.45) is 5.08. The van der Waals surface area contributed by atoms with Crippen LogP contribution in [-0.2, 0) is 0 Å². The molecule has 0 N–H and O–H groups in total. The highest BCUT2D eigenvalue weighted by molar-refractivity contribution is 6.22. The van der Waals surface area contributed by atoms with Crippen LogP contribution in [0.4, 0.5) is 4.39 Å². The van der Waals surface area contributed by atoms with Gasteiger partial charge >= 0.3 is 0 Å². The van der Waals surface area contributed by atoms with E-state index in [0.29, 0.717) is 11.8 Å². The predicted molar refractivity (Wildman–Crippen MR) is 39.7 cm³/mol. The fourth-order valence-electron chi connectivity index (χ4n) is 2.01. The van der Waals surface area contributed by atoms with Crippen LogP contribution in [0.1, 0.15) is 19.3 Å². The molecule has 0 aromatic heterocycles. The third-order valence-corrected chi connectivity index (χ3v) is 3.15. The molecule has 2 rings (SSSR count). The highest BCUT2D eigenvalue weighted by Gasteiger charge is 2.35. The lowest BCUT2D eigenvalue weighted by molar-refractivity contribution is 0.437. The van der Waals surface area contributed by atoms with Gasteiger partial charge in [0, 0.05) is 0 Å². The SMILES string of the molecule is FC1=CC2CCC(C2)C1Cl. The first-order chi connectivity index (χ1) is 4.77. The Hall–Kier alpha value is -0.0400. The van der Waals surface area contributed by atoms with Crippen molar-refractivity contribution in [2.45, 2.75) is 24.6 Å². The molecule has 0 aromatic carbocycles. The van der Waals surface area contributed by atoms with E-state index >= 15 is 0 Å². The van der Waals surface area contributed by atoms with Gasteiger partial charge in [-0.1, -0.05) is 0 Å². The summed E-state index contributed by atoms with van der Waals surface area (Å²) in [7, 11) is 0. The van der Waals surface area contributed by atoms with Crippen LogP contribution >= 0.6 is 11.6 Å². The molecule has 2 heteroatoms. The van der Waals surface area contributed by atoms with Crippen molar-refractivity contribution in [1.29, 1.82) is 0 Å². The second kappa shape index (κ2) is 2.23. The highest BCUT2D eigenvalue weighted by atomic mass is 35.5. The number of hydrogen-bond donors (Lipinski definition) is 0. The molecule has 1 fully saturated rings. The van der Waals surface area contributed by atoms with E-state index in [9.17, 15) is 4.39 Å². The molecule has 0 aliphatic heterocycles. The molecule has 3 unspecified atom stereocenters. The molecule has 3 atom stereocenters. The zero-order chi connectivity index (χ0) is 7.14. The maximum Gasteiger partial charge on any atom is 0.114 e. The minimum Gasteiger partial charge on any atom is -0.211 e. The van der Waals surface area contributed by atoms with Crippen LogP contribution in [0.15, 0.2) is 11.9 Å². The van der Waals surface area contributed by atoms with Crippen LogP contribution in [0.3, 0.4) is 0 Å². The quantitative estimate of drug-likeness (QED) is 0.478. The Morgan fingerprint density at radius 3 is 3.10 bits per heavy atom. The molecule has 0 aromatic rings. The summed E-state index contributed by atoms with van der Waals surface area (Å²) in [5, 5.41) is -0.307. The van der Waals surface area contributed by atoms with Gasteiger partial charge in [0.15, 0.2) is 0 Å². The van der Waals surface area contributed by atoms with Gasteiger partial charge in [-0.15, -0.1) is 11.6 Å². The lowest BCUT2D eigenvalue weighted by atomic mass is 9.94. The third-order valence-electron chi connectivity index (χ3n) is 2.59. The van der Waals surface area contributed by atoms with Gasteiger partial charge in [0.05, 0.1) is 5.38 Å². The molecular formula is C8H10ClF. The topological polar surface area (TPSA) is 0 Å². The first kappa shape index (κ1) is 6.66. The largest absolute Gasteiger partial charge is 0.211 e. The normalized spacial score (nSPS) is 45.4. The standard InChI is InChI=1S/C8H10ClF/c9-8-6-2-1-5(3-6)4-7(8)10/h4-6,8H,1-3H2. The minimum atomic E-state index is -0.307. The van der Waals surface area contributed by atoms with Crippen LogP contribution in [0.2, 0.25) is 0 Å². The molecule has 56 valence electrons. The fourth-order valence-corrected chi connectivity index (χ4v) is 2.31. The molecular weight excluding hydrogens is 151 g/mol. The second-order valence-electron chi connectivity index (χ2n) is 3.29. The van der Waals surface area contributed by atoms with E-state index in [1.54, 1.807) is 6.08 Å². The number of alkyl halides is 1. The molecule has 0 spiro atoms. The average Bonchev–Trinajstić information content (AvgIpc) is 2.29. The van der Waals surface area contributed by atoms with Gasteiger partial charge in [0.25, 0.3) is 0 Å². The first-order valence-electron chi connectivity index (χ1n) is 3.78. The van der Waals surface area contributed by atoms with Gasteiger partial charge in [-0.3, -0.25) is 0 Å². The van der Waals surface area contributed by atoms with E-state index in [-0.39, 0.29) is 11.2 Å². The van der Waals surface area contributed by atoms with Crippen molar-refractivity contribution >= 4 is 11.6 Å². The lowest BCUT2D eigenvalue weighted by Crippen LogP contribution is -2.16. The van der Waals surface area contributed by atoms with Crippen molar-refractivity contribution in [3.63, 3.8) is 0 Å². The van der Waals surface area contributed by atoms with Crippen LogP contribution in [-0.4, -0.2) is 5.38 Å². The molecule has 0 radical (unpaired) electrons. The Bertz CT molecular complexity index is 176. The van der Waals surface area contributed by atoms with Crippen molar-refractivity contribution in [3.8, 4) is 0 Å². The molecule has 2 aliphatic carbocycles. The van der Waals surface area contributed by atoms with Crippen molar-refractivity contribution in [1.82, 2.24) is 0 Å². The Kier molecular flexibility index (Phi) is 1.48. The van der Waals surface area contributed by atoms with Crippen molar-refractivity contribution in [3.05, 3.63) is 11.9 Å². The molecule has 10 heavy (non-hydrogen) atoms. The van der Waals surface area contributed by atoms with Gasteiger partial charge < -0.3 is 0 Å². The summed E-state index contributed by atoms with van der Waals surface area (Å²) in [5.74, 6) is 0.845. The Morgan fingerprint density at radius 1 is 1.50 bits per heavy atom. The number of halogens is 2. The zero-order valence-corrected chi connectivity index (χ0v) is 6.44. The summed E-state index contributed by atoms with van der Waals surface area (Å²) in [4.78, 5) is 0. The maximum absolute atomic E-state index is 12.8. The van der Waals surface area contributed by atoms with E-state index in [2.05, 4.69) is 0 Å². The van der Waals surface area contributed by atoms with Crippen LogP contribution < -0.4 is 0 Å². The summed E-state index contributed by atoms with van der Waals surface area (Å²) in [5.41, 5.74) is 0. The van der Waals surface area contributed by atoms with Crippen LogP contribution in [0.5, 0.6) is 0 Å².